The van der Waals surface area contributed by atoms with E-state index in [1.807, 2.05) is 54.7 Å². The van der Waals surface area contributed by atoms with Gasteiger partial charge >= 0.3 is 5.69 Å². The molecular weight excluding hydrogens is 410 g/mol. The van der Waals surface area contributed by atoms with E-state index in [0.29, 0.717) is 17.2 Å². The molecule has 0 saturated carbocycles. The average molecular weight is 429 g/mol. The van der Waals surface area contributed by atoms with E-state index >= 15 is 0 Å². The molecule has 32 heavy (non-hydrogen) atoms. The first kappa shape index (κ1) is 19.5. The molecule has 5 aromatic rings. The summed E-state index contributed by atoms with van der Waals surface area (Å²) in [6.07, 6.45) is 3.21. The van der Waals surface area contributed by atoms with Crippen LogP contribution in [0.4, 0.5) is 5.82 Å². The second-order valence-electron chi connectivity index (χ2n) is 7.40. The number of carbonyl (C=O) groups excluding carboxylic acids is 1. The van der Waals surface area contributed by atoms with Crippen LogP contribution in [-0.2, 0) is 25.4 Å². The highest BCUT2D eigenvalue weighted by Crippen LogP contribution is 2.28. The molecule has 0 aliphatic rings. The maximum Gasteiger partial charge on any atom is 0.332 e. The zero-order valence-corrected chi connectivity index (χ0v) is 17.4. The van der Waals surface area contributed by atoms with Crippen molar-refractivity contribution in [3.8, 4) is 11.3 Å². The molecule has 1 aromatic carbocycles. The van der Waals surface area contributed by atoms with Crippen molar-refractivity contribution in [1.82, 2.24) is 28.1 Å². The molecule has 5 rings (SSSR count). The monoisotopic (exact) mass is 429 g/mol. The number of imidazole rings is 2. The molecule has 0 aliphatic carbocycles. The van der Waals surface area contributed by atoms with Gasteiger partial charge in [-0.1, -0.05) is 36.4 Å². The van der Waals surface area contributed by atoms with E-state index in [-0.39, 0.29) is 23.6 Å². The number of hydrogen-bond donors (Lipinski definition) is 1. The molecule has 10 nitrogen and oxygen atoms in total. The van der Waals surface area contributed by atoms with Gasteiger partial charge < -0.3 is 9.88 Å². The molecule has 1 N–H and O–H groups in total. The summed E-state index contributed by atoms with van der Waals surface area (Å²) in [6.45, 7) is -0.155. The van der Waals surface area contributed by atoms with Crippen LogP contribution >= 0.6 is 0 Å². The molecule has 0 aliphatic heterocycles. The summed E-state index contributed by atoms with van der Waals surface area (Å²) in [5.74, 6) is 0.171. The minimum absolute atomic E-state index is 0.155. The summed E-state index contributed by atoms with van der Waals surface area (Å²) in [7, 11) is 2.93. The summed E-state index contributed by atoms with van der Waals surface area (Å²) >= 11 is 0. The van der Waals surface area contributed by atoms with Crippen molar-refractivity contribution in [1.29, 1.82) is 0 Å². The molecule has 0 atom stereocenters. The number of carbonyl (C=O) groups is 1. The summed E-state index contributed by atoms with van der Waals surface area (Å²) in [5.41, 5.74) is 1.63. The van der Waals surface area contributed by atoms with Crippen LogP contribution in [0.3, 0.4) is 0 Å². The van der Waals surface area contributed by atoms with Gasteiger partial charge in [-0.25, -0.2) is 14.8 Å². The zero-order valence-electron chi connectivity index (χ0n) is 17.4. The van der Waals surface area contributed by atoms with Crippen LogP contribution in [0.25, 0.3) is 28.1 Å². The van der Waals surface area contributed by atoms with Crippen molar-refractivity contribution in [2.75, 3.05) is 5.32 Å². The Kier molecular flexibility index (Phi) is 4.47. The van der Waals surface area contributed by atoms with Crippen molar-refractivity contribution in [2.45, 2.75) is 6.54 Å². The van der Waals surface area contributed by atoms with Gasteiger partial charge in [0.25, 0.3) is 5.56 Å². The number of benzene rings is 1. The fraction of sp³-hybridized carbons (Fsp3) is 0.136. The van der Waals surface area contributed by atoms with Crippen molar-refractivity contribution >= 4 is 28.5 Å². The maximum absolute atomic E-state index is 13.0. The lowest BCUT2D eigenvalue weighted by molar-refractivity contribution is -0.116. The first-order chi connectivity index (χ1) is 15.5. The van der Waals surface area contributed by atoms with Gasteiger partial charge in [0.2, 0.25) is 5.91 Å². The summed E-state index contributed by atoms with van der Waals surface area (Å²) in [4.78, 5) is 46.6. The highest BCUT2D eigenvalue weighted by Gasteiger charge is 2.19. The normalized spacial score (nSPS) is 11.3. The Labute approximate surface area is 181 Å². The van der Waals surface area contributed by atoms with E-state index in [4.69, 9.17) is 0 Å². The molecule has 4 aromatic heterocycles. The van der Waals surface area contributed by atoms with Crippen LogP contribution in [0.2, 0.25) is 0 Å². The van der Waals surface area contributed by atoms with E-state index in [1.54, 1.807) is 4.40 Å². The first-order valence-electron chi connectivity index (χ1n) is 9.89. The Hall–Kier alpha value is -4.47. The standard InChI is InChI=1S/C22H19N7O3/c1-26-20-18(21(31)27(2)22(26)32)28(13-23-20)12-16(30)25-19-17(14-8-4-3-5-9-14)24-15-10-6-7-11-29(15)19/h3-11,13H,12H2,1-2H3,(H,25,30). The SMILES string of the molecule is Cn1c(=O)c2c(ncn2CC(=O)Nc2c(-c3ccccc3)nc3ccccn23)n(C)c1=O. The molecule has 0 saturated heterocycles. The van der Waals surface area contributed by atoms with E-state index in [9.17, 15) is 14.4 Å². The molecule has 160 valence electrons. The van der Waals surface area contributed by atoms with Crippen molar-refractivity contribution in [2.24, 2.45) is 14.1 Å². The average Bonchev–Trinajstić information content (AvgIpc) is 3.39. The summed E-state index contributed by atoms with van der Waals surface area (Å²) in [5, 5.41) is 2.93. The lowest BCUT2D eigenvalue weighted by Crippen LogP contribution is -2.37. The molecule has 0 bridgehead atoms. The number of amides is 1. The Balaban J connectivity index is 1.55. The minimum Gasteiger partial charge on any atom is -0.315 e. The van der Waals surface area contributed by atoms with Gasteiger partial charge in [-0.15, -0.1) is 0 Å². The van der Waals surface area contributed by atoms with Gasteiger partial charge in [-0.05, 0) is 12.1 Å². The van der Waals surface area contributed by atoms with Gasteiger partial charge in [0.15, 0.2) is 11.2 Å². The number of aryl methyl sites for hydroxylation is 1. The largest absolute Gasteiger partial charge is 0.332 e. The number of fused-ring (bicyclic) bond motifs is 2. The van der Waals surface area contributed by atoms with Crippen molar-refractivity contribution in [3.05, 3.63) is 81.9 Å². The van der Waals surface area contributed by atoms with E-state index in [2.05, 4.69) is 15.3 Å². The Morgan fingerprint density at radius 3 is 2.53 bits per heavy atom. The number of rotatable bonds is 4. The zero-order chi connectivity index (χ0) is 22.4. The molecule has 0 spiro atoms. The highest BCUT2D eigenvalue weighted by molar-refractivity contribution is 5.95. The third kappa shape index (κ3) is 3.00. The van der Waals surface area contributed by atoms with Crippen LogP contribution < -0.4 is 16.6 Å². The Morgan fingerprint density at radius 1 is 1.00 bits per heavy atom. The lowest BCUT2D eigenvalue weighted by atomic mass is 10.1. The molecule has 4 heterocycles. The number of aromatic nitrogens is 6. The third-order valence-corrected chi connectivity index (χ3v) is 5.37. The molecule has 1 amide bonds. The van der Waals surface area contributed by atoms with Crippen molar-refractivity contribution < 1.29 is 4.79 Å². The second kappa shape index (κ2) is 7.34. The van der Waals surface area contributed by atoms with Gasteiger partial charge in [-0.2, -0.15) is 0 Å². The topological polar surface area (TPSA) is 108 Å². The van der Waals surface area contributed by atoms with Crippen LogP contribution in [0.5, 0.6) is 0 Å². The quantitative estimate of drug-likeness (QED) is 0.464. The number of nitrogens with one attached hydrogen (secondary N) is 1. The Bertz CT molecular complexity index is 1610. The van der Waals surface area contributed by atoms with Gasteiger partial charge in [0.1, 0.15) is 23.7 Å². The predicted octanol–water partition coefficient (Wildman–Crippen LogP) is 1.39. The smallest absolute Gasteiger partial charge is 0.315 e. The fourth-order valence-electron chi connectivity index (χ4n) is 3.76. The van der Waals surface area contributed by atoms with E-state index < -0.39 is 11.2 Å². The number of anilines is 1. The molecule has 0 unspecified atom stereocenters. The summed E-state index contributed by atoms with van der Waals surface area (Å²) in [6, 6.07) is 15.2. The Morgan fingerprint density at radius 2 is 1.75 bits per heavy atom. The van der Waals surface area contributed by atoms with Crippen LogP contribution in [-0.4, -0.2) is 34.0 Å². The van der Waals surface area contributed by atoms with Crippen molar-refractivity contribution in [3.63, 3.8) is 0 Å². The molecular formula is C22H19N7O3. The number of nitrogens with zero attached hydrogens (tertiary/aromatic N) is 6. The van der Waals surface area contributed by atoms with Gasteiger partial charge in [0.05, 0.1) is 6.33 Å². The van der Waals surface area contributed by atoms with Crippen LogP contribution in [0, 0.1) is 0 Å². The van der Waals surface area contributed by atoms with Gasteiger partial charge in [0, 0.05) is 25.9 Å². The minimum atomic E-state index is -0.506. The fourth-order valence-corrected chi connectivity index (χ4v) is 3.76. The van der Waals surface area contributed by atoms with Crippen LogP contribution in [0.1, 0.15) is 0 Å². The molecule has 0 radical (unpaired) electrons. The predicted molar refractivity (Wildman–Crippen MR) is 119 cm³/mol. The molecule has 0 fully saturated rings. The molecule has 10 heteroatoms. The van der Waals surface area contributed by atoms with E-state index in [0.717, 1.165) is 10.1 Å². The van der Waals surface area contributed by atoms with Gasteiger partial charge in [-0.3, -0.25) is 23.1 Å². The van der Waals surface area contributed by atoms with Crippen LogP contribution in [0.15, 0.2) is 70.6 Å². The third-order valence-electron chi connectivity index (χ3n) is 5.37. The highest BCUT2D eigenvalue weighted by atomic mass is 16.2. The number of pyridine rings is 1. The lowest BCUT2D eigenvalue weighted by Gasteiger charge is -2.09. The van der Waals surface area contributed by atoms with E-state index in [1.165, 1.54) is 29.6 Å². The first-order valence-corrected chi connectivity index (χ1v) is 9.89. The number of hydrogen-bond acceptors (Lipinski definition) is 5. The second-order valence-corrected chi connectivity index (χ2v) is 7.40. The maximum atomic E-state index is 13.0. The summed E-state index contributed by atoms with van der Waals surface area (Å²) < 4.78 is 5.52.